The van der Waals surface area contributed by atoms with Gasteiger partial charge in [0.1, 0.15) is 23.1 Å². The predicted molar refractivity (Wildman–Crippen MR) is 47.1 cm³/mol. The number of anilines is 1. The first-order chi connectivity index (χ1) is 5.79. The summed E-state index contributed by atoms with van der Waals surface area (Å²) in [5.41, 5.74) is 0.683. The van der Waals surface area contributed by atoms with E-state index in [0.717, 1.165) is 6.54 Å². The molecule has 1 aromatic rings. The van der Waals surface area contributed by atoms with Crippen LogP contribution in [0.5, 0.6) is 11.5 Å². The van der Waals surface area contributed by atoms with Gasteiger partial charge in [-0.3, -0.25) is 0 Å². The average Bonchev–Trinajstić information content (AvgIpc) is 2.12. The minimum Gasteiger partial charge on any atom is -0.506 e. The van der Waals surface area contributed by atoms with Crippen molar-refractivity contribution in [3.63, 3.8) is 0 Å². The Kier molecular flexibility index (Phi) is 1.73. The molecule has 3 nitrogen and oxygen atoms in total. The topological polar surface area (TPSA) is 41.5 Å². The number of nitrogens with one attached hydrogen (secondary N) is 1. The largest absolute Gasteiger partial charge is 0.506 e. The van der Waals surface area contributed by atoms with Gasteiger partial charge in [0.2, 0.25) is 0 Å². The maximum Gasteiger partial charge on any atom is 0.144 e. The summed E-state index contributed by atoms with van der Waals surface area (Å²) in [7, 11) is 0. The molecule has 1 aromatic carbocycles. The molecular weight excluding hydrogens is 178 g/mol. The molecule has 1 aliphatic rings. The number of fused-ring (bicyclic) bond motifs is 1. The zero-order valence-corrected chi connectivity index (χ0v) is 7.06. The lowest BCUT2D eigenvalue weighted by Gasteiger charge is -2.20. The minimum atomic E-state index is 0.0772. The lowest BCUT2D eigenvalue weighted by atomic mass is 10.2. The fourth-order valence-electron chi connectivity index (χ4n) is 1.17. The van der Waals surface area contributed by atoms with Crippen LogP contribution in [0.15, 0.2) is 12.1 Å². The fourth-order valence-corrected chi connectivity index (χ4v) is 1.39. The molecule has 1 heterocycles. The number of hydrogen-bond donors (Lipinski definition) is 2. The molecule has 0 aliphatic carbocycles. The Morgan fingerprint density at radius 1 is 1.50 bits per heavy atom. The molecule has 0 saturated heterocycles. The summed E-state index contributed by atoms with van der Waals surface area (Å²) in [6.45, 7) is 1.35. The zero-order chi connectivity index (χ0) is 8.55. The first kappa shape index (κ1) is 7.55. The van der Waals surface area contributed by atoms with Crippen LogP contribution in [0.3, 0.4) is 0 Å². The van der Waals surface area contributed by atoms with Crippen molar-refractivity contribution in [3.8, 4) is 11.5 Å². The number of hydrogen-bond acceptors (Lipinski definition) is 3. The van der Waals surface area contributed by atoms with Gasteiger partial charge in [0, 0.05) is 6.54 Å². The molecule has 64 valence electrons. The Morgan fingerprint density at radius 3 is 3.17 bits per heavy atom. The summed E-state index contributed by atoms with van der Waals surface area (Å²) >= 11 is 5.82. The van der Waals surface area contributed by atoms with Gasteiger partial charge in [-0.1, -0.05) is 11.6 Å². The van der Waals surface area contributed by atoms with Crippen molar-refractivity contribution in [2.45, 2.75) is 0 Å². The third-order valence-corrected chi connectivity index (χ3v) is 2.13. The number of halogens is 1. The van der Waals surface area contributed by atoms with Crippen LogP contribution in [0, 0.1) is 0 Å². The first-order valence-corrected chi connectivity index (χ1v) is 4.05. The molecule has 1 aliphatic heterocycles. The number of aromatic hydroxyl groups is 1. The van der Waals surface area contributed by atoms with Crippen LogP contribution >= 0.6 is 11.6 Å². The maximum atomic E-state index is 9.25. The molecule has 12 heavy (non-hydrogen) atoms. The van der Waals surface area contributed by atoms with Gasteiger partial charge in [0.05, 0.1) is 5.69 Å². The highest BCUT2D eigenvalue weighted by atomic mass is 35.5. The van der Waals surface area contributed by atoms with Crippen molar-refractivity contribution >= 4 is 17.3 Å². The van der Waals surface area contributed by atoms with Crippen molar-refractivity contribution in [1.29, 1.82) is 0 Å². The van der Waals surface area contributed by atoms with Gasteiger partial charge in [0.15, 0.2) is 0 Å². The predicted octanol–water partition coefficient (Wildman–Crippen LogP) is 1.85. The van der Waals surface area contributed by atoms with Crippen molar-refractivity contribution in [2.75, 3.05) is 18.5 Å². The highest BCUT2D eigenvalue weighted by molar-refractivity contribution is 6.35. The normalized spacial score (nSPS) is 14.4. The lowest BCUT2D eigenvalue weighted by Crippen LogP contribution is -2.18. The van der Waals surface area contributed by atoms with Gasteiger partial charge in [-0.05, 0) is 12.1 Å². The summed E-state index contributed by atoms with van der Waals surface area (Å²) in [4.78, 5) is 0. The molecule has 2 rings (SSSR count). The summed E-state index contributed by atoms with van der Waals surface area (Å²) in [6.07, 6.45) is 0. The van der Waals surface area contributed by atoms with Gasteiger partial charge < -0.3 is 15.2 Å². The summed E-state index contributed by atoms with van der Waals surface area (Å²) in [5.74, 6) is 0.775. The Morgan fingerprint density at radius 2 is 2.33 bits per heavy atom. The Hall–Kier alpha value is -1.09. The fraction of sp³-hybridized carbons (Fsp3) is 0.250. The molecule has 0 atom stereocenters. The Labute approximate surface area is 74.9 Å². The number of phenolic OH excluding ortho intramolecular Hbond substituents is 1. The minimum absolute atomic E-state index is 0.0772. The van der Waals surface area contributed by atoms with Crippen LogP contribution in [-0.4, -0.2) is 18.3 Å². The second kappa shape index (κ2) is 2.75. The second-order valence-corrected chi connectivity index (χ2v) is 2.93. The van der Waals surface area contributed by atoms with Crippen LogP contribution in [-0.2, 0) is 0 Å². The van der Waals surface area contributed by atoms with Crippen molar-refractivity contribution in [3.05, 3.63) is 17.2 Å². The third kappa shape index (κ3) is 1.06. The average molecular weight is 186 g/mol. The highest BCUT2D eigenvalue weighted by Crippen LogP contribution is 2.39. The molecule has 0 spiro atoms. The maximum absolute atomic E-state index is 9.25. The molecule has 0 amide bonds. The van der Waals surface area contributed by atoms with Crippen molar-refractivity contribution in [1.82, 2.24) is 0 Å². The molecule has 0 unspecified atom stereocenters. The van der Waals surface area contributed by atoms with E-state index in [9.17, 15) is 5.11 Å². The number of ether oxygens (including phenoxy) is 1. The van der Waals surface area contributed by atoms with Crippen molar-refractivity contribution in [2.24, 2.45) is 0 Å². The Bertz CT molecular complexity index is 314. The number of benzene rings is 1. The standard InChI is InChI=1S/C8H8ClNO2/c9-7-5(11)1-2-6-8(7)10-3-4-12-6/h1-2,10-11H,3-4H2. The summed E-state index contributed by atoms with van der Waals surface area (Å²) in [5, 5.41) is 12.6. The molecule has 4 heteroatoms. The van der Waals surface area contributed by atoms with E-state index in [1.165, 1.54) is 6.07 Å². The molecule has 0 saturated carbocycles. The second-order valence-electron chi connectivity index (χ2n) is 2.55. The smallest absolute Gasteiger partial charge is 0.144 e. The van der Waals surface area contributed by atoms with E-state index < -0.39 is 0 Å². The number of phenols is 1. The van der Waals surface area contributed by atoms with Gasteiger partial charge in [-0.2, -0.15) is 0 Å². The Balaban J connectivity index is 2.54. The molecular formula is C8H8ClNO2. The van der Waals surface area contributed by atoms with Gasteiger partial charge in [-0.25, -0.2) is 0 Å². The zero-order valence-electron chi connectivity index (χ0n) is 6.30. The SMILES string of the molecule is Oc1ccc2c(c1Cl)NCCO2. The van der Waals surface area contributed by atoms with E-state index in [-0.39, 0.29) is 5.75 Å². The van der Waals surface area contributed by atoms with Gasteiger partial charge >= 0.3 is 0 Å². The van der Waals surface area contributed by atoms with Crippen LogP contribution in [0.4, 0.5) is 5.69 Å². The molecule has 0 aromatic heterocycles. The van der Waals surface area contributed by atoms with Crippen LogP contribution in [0.25, 0.3) is 0 Å². The van der Waals surface area contributed by atoms with E-state index in [1.807, 2.05) is 0 Å². The van der Waals surface area contributed by atoms with Crippen LogP contribution in [0.2, 0.25) is 5.02 Å². The molecule has 2 N–H and O–H groups in total. The van der Waals surface area contributed by atoms with Crippen LogP contribution < -0.4 is 10.1 Å². The van der Waals surface area contributed by atoms with E-state index >= 15 is 0 Å². The first-order valence-electron chi connectivity index (χ1n) is 3.67. The molecule has 0 radical (unpaired) electrons. The molecule has 0 fully saturated rings. The highest BCUT2D eigenvalue weighted by Gasteiger charge is 2.15. The summed E-state index contributed by atoms with van der Waals surface area (Å²) in [6, 6.07) is 3.22. The van der Waals surface area contributed by atoms with Crippen LogP contribution in [0.1, 0.15) is 0 Å². The van der Waals surface area contributed by atoms with E-state index in [2.05, 4.69) is 5.32 Å². The van der Waals surface area contributed by atoms with E-state index in [1.54, 1.807) is 6.07 Å². The quantitative estimate of drug-likeness (QED) is 0.648. The van der Waals surface area contributed by atoms with Gasteiger partial charge in [-0.15, -0.1) is 0 Å². The monoisotopic (exact) mass is 185 g/mol. The van der Waals surface area contributed by atoms with Crippen molar-refractivity contribution < 1.29 is 9.84 Å². The lowest BCUT2D eigenvalue weighted by molar-refractivity contribution is 0.322. The number of rotatable bonds is 0. The summed E-state index contributed by atoms with van der Waals surface area (Å²) < 4.78 is 5.30. The van der Waals surface area contributed by atoms with Gasteiger partial charge in [0.25, 0.3) is 0 Å². The molecule has 0 bridgehead atoms. The van der Waals surface area contributed by atoms with E-state index in [0.29, 0.717) is 23.1 Å². The third-order valence-electron chi connectivity index (χ3n) is 1.74. The van der Waals surface area contributed by atoms with E-state index in [4.69, 9.17) is 16.3 Å².